The van der Waals surface area contributed by atoms with Crippen LogP contribution in [0.2, 0.25) is 0 Å². The van der Waals surface area contributed by atoms with Crippen molar-refractivity contribution >= 4 is 27.8 Å². The number of pyridine rings is 1. The minimum atomic E-state index is -0.663. The number of anilines is 1. The summed E-state index contributed by atoms with van der Waals surface area (Å²) >= 11 is 1.54. The summed E-state index contributed by atoms with van der Waals surface area (Å²) in [5.41, 5.74) is 2.93. The van der Waals surface area contributed by atoms with Gasteiger partial charge in [-0.15, -0.1) is 11.3 Å². The fourth-order valence-corrected chi connectivity index (χ4v) is 4.71. The first-order chi connectivity index (χ1) is 12.2. The molecule has 1 aromatic carbocycles. The second-order valence-electron chi connectivity index (χ2n) is 5.77. The van der Waals surface area contributed by atoms with Crippen LogP contribution in [0.1, 0.15) is 0 Å². The minimum Gasteiger partial charge on any atom is -0.370 e. The molecular weight excluding hydrogens is 357 g/mol. The molecule has 25 heavy (non-hydrogen) atoms. The Hall–Kier alpha value is -2.12. The van der Waals surface area contributed by atoms with E-state index in [1.807, 2.05) is 6.20 Å². The van der Waals surface area contributed by atoms with E-state index in [2.05, 4.69) is 39.1 Å². The van der Waals surface area contributed by atoms with Gasteiger partial charge < -0.3 is 4.90 Å². The Morgan fingerprint density at radius 3 is 2.44 bits per heavy atom. The molecule has 0 radical (unpaired) electrons. The highest BCUT2D eigenvalue weighted by Gasteiger charge is 2.15. The smallest absolute Gasteiger partial charge is 0.142 e. The Bertz CT molecular complexity index is 883. The van der Waals surface area contributed by atoms with Crippen LogP contribution in [0.25, 0.3) is 21.1 Å². The maximum atomic E-state index is 13.0. The first kappa shape index (κ1) is 16.4. The molecule has 7 heteroatoms. The van der Waals surface area contributed by atoms with Crippen molar-refractivity contribution in [3.63, 3.8) is 0 Å². The minimum absolute atomic E-state index is 0.349. The highest BCUT2D eigenvalue weighted by molar-refractivity contribution is 7.85. The van der Waals surface area contributed by atoms with Crippen molar-refractivity contribution in [3.05, 3.63) is 54.6 Å². The number of benzene rings is 1. The maximum Gasteiger partial charge on any atom is 0.142 e. The molecule has 1 aliphatic rings. The van der Waals surface area contributed by atoms with Gasteiger partial charge in [0, 0.05) is 47.3 Å². The summed E-state index contributed by atoms with van der Waals surface area (Å²) in [5, 5.41) is 0.776. The molecule has 1 aliphatic heterocycles. The number of aromatic nitrogens is 2. The molecule has 0 saturated carbocycles. The fourth-order valence-electron chi connectivity index (χ4n) is 2.76. The Balaban J connectivity index is 1.52. The van der Waals surface area contributed by atoms with Crippen LogP contribution in [0, 0.1) is 5.82 Å². The maximum absolute atomic E-state index is 13.0. The third-order valence-electron chi connectivity index (χ3n) is 4.15. The molecule has 128 valence electrons. The molecule has 1 fully saturated rings. The Kier molecular flexibility index (Phi) is 4.59. The summed E-state index contributed by atoms with van der Waals surface area (Å²) in [6.45, 7) is 1.68. The Morgan fingerprint density at radius 1 is 1.00 bits per heavy atom. The van der Waals surface area contributed by atoms with Crippen LogP contribution in [-0.4, -0.2) is 38.8 Å². The highest BCUT2D eigenvalue weighted by atomic mass is 32.2. The number of halogens is 1. The van der Waals surface area contributed by atoms with Crippen molar-refractivity contribution in [1.29, 1.82) is 0 Å². The van der Waals surface area contributed by atoms with E-state index in [1.54, 1.807) is 6.07 Å². The molecule has 0 unspecified atom stereocenters. The van der Waals surface area contributed by atoms with E-state index in [-0.39, 0.29) is 5.82 Å². The van der Waals surface area contributed by atoms with E-state index in [0.29, 0.717) is 5.69 Å². The topological polar surface area (TPSA) is 46.1 Å². The quantitative estimate of drug-likeness (QED) is 0.704. The van der Waals surface area contributed by atoms with Gasteiger partial charge in [0.05, 0.1) is 16.8 Å². The average Bonchev–Trinajstić information content (AvgIpc) is 3.13. The van der Waals surface area contributed by atoms with E-state index in [1.165, 1.54) is 23.6 Å². The van der Waals surface area contributed by atoms with Gasteiger partial charge in [-0.2, -0.15) is 0 Å². The lowest BCUT2D eigenvalue weighted by Crippen LogP contribution is -2.37. The molecule has 0 bridgehead atoms. The Morgan fingerprint density at radius 2 is 1.76 bits per heavy atom. The van der Waals surface area contributed by atoms with Crippen molar-refractivity contribution in [2.75, 3.05) is 29.5 Å². The van der Waals surface area contributed by atoms with Gasteiger partial charge in [-0.25, -0.2) is 9.37 Å². The zero-order chi connectivity index (χ0) is 17.2. The summed E-state index contributed by atoms with van der Waals surface area (Å²) < 4.78 is 24.5. The molecule has 0 amide bonds. The number of hydrogen-bond donors (Lipinski definition) is 0. The van der Waals surface area contributed by atoms with Crippen LogP contribution in [0.15, 0.2) is 48.8 Å². The van der Waals surface area contributed by atoms with E-state index >= 15 is 0 Å². The zero-order valence-corrected chi connectivity index (χ0v) is 15.0. The van der Waals surface area contributed by atoms with Crippen molar-refractivity contribution in [3.8, 4) is 21.1 Å². The first-order valence-corrected chi connectivity index (χ1v) is 10.3. The van der Waals surface area contributed by atoms with Crippen LogP contribution >= 0.6 is 11.3 Å². The molecule has 0 N–H and O–H groups in total. The zero-order valence-electron chi connectivity index (χ0n) is 13.4. The number of rotatable bonds is 3. The van der Waals surface area contributed by atoms with Gasteiger partial charge in [0.2, 0.25) is 0 Å². The molecule has 3 aromatic rings. The molecule has 4 nitrogen and oxygen atoms in total. The first-order valence-electron chi connectivity index (χ1n) is 7.97. The van der Waals surface area contributed by atoms with Crippen LogP contribution in [0.4, 0.5) is 10.1 Å². The summed E-state index contributed by atoms with van der Waals surface area (Å²) in [7, 11) is -0.663. The SMILES string of the molecule is O=S1CCN(c2ccc(-c3cnc(-c4ccc(F)cn4)s3)cc2)CC1. The summed E-state index contributed by atoms with van der Waals surface area (Å²) in [5.74, 6) is 1.13. The second-order valence-corrected chi connectivity index (χ2v) is 8.50. The van der Waals surface area contributed by atoms with Crippen molar-refractivity contribution < 1.29 is 8.60 Å². The van der Waals surface area contributed by atoms with Gasteiger partial charge in [-0.1, -0.05) is 12.1 Å². The van der Waals surface area contributed by atoms with E-state index in [0.717, 1.165) is 45.7 Å². The number of nitrogens with zero attached hydrogens (tertiary/aromatic N) is 3. The lowest BCUT2D eigenvalue weighted by atomic mass is 10.2. The molecule has 0 atom stereocenters. The lowest BCUT2D eigenvalue weighted by molar-refractivity contribution is 0.622. The summed E-state index contributed by atoms with van der Waals surface area (Å²) in [6, 6.07) is 11.4. The molecular formula is C18H16FN3OS2. The highest BCUT2D eigenvalue weighted by Crippen LogP contribution is 2.32. The summed E-state index contributed by atoms with van der Waals surface area (Å²) in [4.78, 5) is 11.8. The van der Waals surface area contributed by atoms with Crippen LogP contribution in [0.5, 0.6) is 0 Å². The van der Waals surface area contributed by atoms with Gasteiger partial charge in [-0.3, -0.25) is 9.19 Å². The van der Waals surface area contributed by atoms with E-state index < -0.39 is 10.8 Å². The van der Waals surface area contributed by atoms with Gasteiger partial charge in [0.25, 0.3) is 0 Å². The van der Waals surface area contributed by atoms with Crippen molar-refractivity contribution in [2.24, 2.45) is 0 Å². The van der Waals surface area contributed by atoms with Crippen LogP contribution in [0.3, 0.4) is 0 Å². The van der Waals surface area contributed by atoms with E-state index in [9.17, 15) is 8.60 Å². The van der Waals surface area contributed by atoms with Gasteiger partial charge in [0.15, 0.2) is 0 Å². The monoisotopic (exact) mass is 373 g/mol. The van der Waals surface area contributed by atoms with Gasteiger partial charge in [0.1, 0.15) is 10.8 Å². The molecule has 1 saturated heterocycles. The van der Waals surface area contributed by atoms with Crippen molar-refractivity contribution in [2.45, 2.75) is 0 Å². The van der Waals surface area contributed by atoms with Gasteiger partial charge in [-0.05, 0) is 29.8 Å². The standard InChI is InChI=1S/C18H16FN3OS2/c19-14-3-6-16(20-11-14)18-21-12-17(24-18)13-1-4-15(5-2-13)22-7-9-25(23)10-8-22/h1-6,11-12H,7-10H2. The van der Waals surface area contributed by atoms with Crippen molar-refractivity contribution in [1.82, 2.24) is 9.97 Å². The number of thiazole rings is 1. The normalized spacial score (nSPS) is 15.5. The van der Waals surface area contributed by atoms with Crippen LogP contribution < -0.4 is 4.90 Å². The lowest BCUT2D eigenvalue weighted by Gasteiger charge is -2.28. The number of hydrogen-bond acceptors (Lipinski definition) is 5. The largest absolute Gasteiger partial charge is 0.370 e. The van der Waals surface area contributed by atoms with E-state index in [4.69, 9.17) is 0 Å². The Labute approximate surface area is 151 Å². The molecule has 3 heterocycles. The molecule has 2 aromatic heterocycles. The second kappa shape index (κ2) is 7.01. The predicted molar refractivity (Wildman–Crippen MR) is 101 cm³/mol. The van der Waals surface area contributed by atoms with Crippen LogP contribution in [-0.2, 0) is 10.8 Å². The fraction of sp³-hybridized carbons (Fsp3) is 0.222. The van der Waals surface area contributed by atoms with Gasteiger partial charge >= 0.3 is 0 Å². The predicted octanol–water partition coefficient (Wildman–Crippen LogP) is 3.58. The average molecular weight is 373 g/mol. The molecule has 4 rings (SSSR count). The third-order valence-corrected chi connectivity index (χ3v) is 6.49. The third kappa shape index (κ3) is 3.62. The molecule has 0 spiro atoms. The molecule has 0 aliphatic carbocycles. The summed E-state index contributed by atoms with van der Waals surface area (Å²) in [6.07, 6.45) is 3.03.